The number of rotatable bonds is 15. The number of pyridine rings is 1. The van der Waals surface area contributed by atoms with E-state index in [1.54, 1.807) is 32.9 Å². The minimum atomic E-state index is -3.95. The smallest absolute Gasteiger partial charge is 0.315 e. The van der Waals surface area contributed by atoms with Gasteiger partial charge >= 0.3 is 6.03 Å². The molecule has 1 aromatic rings. The number of nitrogens with zero attached hydrogens (tertiary/aromatic N) is 3. The maximum absolute atomic E-state index is 14.4. The van der Waals surface area contributed by atoms with Crippen LogP contribution in [0.5, 0.6) is 0 Å². The molecule has 2 heterocycles. The molecule has 1 saturated carbocycles. The predicted octanol–water partition coefficient (Wildman–Crippen LogP) is 2.47. The van der Waals surface area contributed by atoms with E-state index in [1.807, 2.05) is 41.5 Å². The van der Waals surface area contributed by atoms with Crippen LogP contribution in [0.1, 0.15) is 75.2 Å². The van der Waals surface area contributed by atoms with Crippen molar-refractivity contribution < 1.29 is 32.4 Å². The maximum atomic E-state index is 14.4. The second kappa shape index (κ2) is 15.8. The Morgan fingerprint density at radius 1 is 1.06 bits per heavy atom. The highest BCUT2D eigenvalue weighted by Crippen LogP contribution is 2.65. The van der Waals surface area contributed by atoms with Gasteiger partial charge in [-0.15, -0.1) is 6.58 Å². The summed E-state index contributed by atoms with van der Waals surface area (Å²) in [6.45, 7) is 20.8. The number of aromatic nitrogens is 1. The number of carbonyl (C=O) groups is 5. The number of fused-ring (bicyclic) bond motifs is 1. The van der Waals surface area contributed by atoms with Crippen LogP contribution in [-0.2, 0) is 29.2 Å². The van der Waals surface area contributed by atoms with Crippen LogP contribution in [0, 0.1) is 28.1 Å². The highest BCUT2D eigenvalue weighted by atomic mass is 32.2. The number of hydrogen-bond donors (Lipinski definition) is 4. The van der Waals surface area contributed by atoms with Crippen molar-refractivity contribution in [1.82, 2.24) is 35.5 Å². The number of piperidine rings is 1. The number of sulfonamides is 1. The summed E-state index contributed by atoms with van der Waals surface area (Å²) in [4.78, 5) is 73.0. The number of carbonyl (C=O) groups excluding carboxylic acids is 5. The number of ketones is 1. The molecule has 14 nitrogen and oxygen atoms in total. The molecule has 1 aliphatic heterocycles. The Kier molecular flexibility index (Phi) is 12.9. The van der Waals surface area contributed by atoms with Gasteiger partial charge in [-0.1, -0.05) is 80.9 Å². The van der Waals surface area contributed by atoms with Crippen molar-refractivity contribution in [3.63, 3.8) is 0 Å². The molecule has 3 rings (SSSR count). The third kappa shape index (κ3) is 9.53. The zero-order chi connectivity index (χ0) is 38.7. The molecule has 284 valence electrons. The van der Waals surface area contributed by atoms with Crippen LogP contribution < -0.4 is 21.3 Å². The highest BCUT2D eigenvalue weighted by molar-refractivity contribution is 7.89. The van der Waals surface area contributed by atoms with Crippen molar-refractivity contribution in [2.75, 3.05) is 26.7 Å². The molecule has 2 fully saturated rings. The number of amides is 5. The quantitative estimate of drug-likeness (QED) is 0.157. The molecule has 0 bridgehead atoms. The fraction of sp³-hybridized carbons (Fsp3) is 0.667. The van der Waals surface area contributed by atoms with Crippen LogP contribution in [0.3, 0.4) is 0 Å². The van der Waals surface area contributed by atoms with Crippen molar-refractivity contribution in [1.29, 1.82) is 0 Å². The summed E-state index contributed by atoms with van der Waals surface area (Å²) in [6.07, 6.45) is 3.61. The molecular weight excluding hydrogens is 675 g/mol. The minimum Gasteiger partial charge on any atom is -0.346 e. The Morgan fingerprint density at radius 3 is 2.24 bits per heavy atom. The fourth-order valence-electron chi connectivity index (χ4n) is 6.73. The van der Waals surface area contributed by atoms with Gasteiger partial charge in [-0.2, -0.15) is 4.31 Å². The lowest BCUT2D eigenvalue weighted by atomic mass is 9.85. The molecule has 1 saturated heterocycles. The van der Waals surface area contributed by atoms with E-state index in [-0.39, 0.29) is 48.3 Å². The van der Waals surface area contributed by atoms with Crippen LogP contribution in [0.4, 0.5) is 4.79 Å². The molecular formula is C36H57N7O7S. The largest absolute Gasteiger partial charge is 0.346 e. The summed E-state index contributed by atoms with van der Waals surface area (Å²) in [5.41, 5.74) is -1.61. The molecule has 0 aromatic carbocycles. The first-order valence-corrected chi connectivity index (χ1v) is 18.9. The van der Waals surface area contributed by atoms with Gasteiger partial charge in [-0.05, 0) is 46.6 Å². The number of likely N-dealkylation sites (N-methyl/N-ethyl adjacent to an activating group) is 1. The van der Waals surface area contributed by atoms with E-state index in [9.17, 15) is 32.4 Å². The summed E-state index contributed by atoms with van der Waals surface area (Å²) in [5, 5.41) is 10.9. The van der Waals surface area contributed by atoms with Crippen LogP contribution >= 0.6 is 0 Å². The van der Waals surface area contributed by atoms with Gasteiger partial charge in [0, 0.05) is 38.9 Å². The van der Waals surface area contributed by atoms with Crippen LogP contribution in [0.25, 0.3) is 0 Å². The second-order valence-corrected chi connectivity index (χ2v) is 18.4. The fourth-order valence-corrected chi connectivity index (χ4v) is 7.84. The Morgan fingerprint density at radius 2 is 1.71 bits per heavy atom. The lowest BCUT2D eigenvalue weighted by Crippen LogP contribution is -2.62. The summed E-state index contributed by atoms with van der Waals surface area (Å²) >= 11 is 0. The first-order valence-electron chi connectivity index (χ1n) is 17.5. The van der Waals surface area contributed by atoms with Crippen LogP contribution in [0.2, 0.25) is 0 Å². The molecule has 2 aliphatic rings. The third-order valence-corrected chi connectivity index (χ3v) is 11.8. The lowest BCUT2D eigenvalue weighted by Gasteiger charge is -2.39. The van der Waals surface area contributed by atoms with Gasteiger partial charge in [-0.25, -0.2) is 18.2 Å². The Bertz CT molecular complexity index is 1580. The predicted molar refractivity (Wildman–Crippen MR) is 194 cm³/mol. The molecule has 4 N–H and O–H groups in total. The molecule has 15 heteroatoms. The molecule has 0 spiro atoms. The SMILES string of the molecule is C=CCNC(=O)C(=O)C(CCC)NC(=O)[C@@H]1C2[C@H](CN1C(=O)[C@@H](NC(=O)N[C@H](CN(C)S(=O)(=O)c1ccccn1)C(C)(C)C)C(C)(C)C)C2(C)C. The Balaban J connectivity index is 1.83. The molecule has 51 heavy (non-hydrogen) atoms. The summed E-state index contributed by atoms with van der Waals surface area (Å²) < 4.78 is 27.6. The summed E-state index contributed by atoms with van der Waals surface area (Å²) in [5.74, 6) is -2.71. The van der Waals surface area contributed by atoms with Gasteiger partial charge in [0.2, 0.25) is 17.6 Å². The number of urea groups is 1. The maximum Gasteiger partial charge on any atom is 0.315 e. The van der Waals surface area contributed by atoms with Gasteiger partial charge in [0.15, 0.2) is 5.03 Å². The Hall–Kier alpha value is -3.85. The van der Waals surface area contributed by atoms with Crippen molar-refractivity contribution in [3.8, 4) is 0 Å². The van der Waals surface area contributed by atoms with Crippen molar-refractivity contribution >= 4 is 39.6 Å². The van der Waals surface area contributed by atoms with E-state index in [2.05, 4.69) is 32.8 Å². The van der Waals surface area contributed by atoms with Gasteiger partial charge < -0.3 is 26.2 Å². The van der Waals surface area contributed by atoms with E-state index < -0.39 is 74.6 Å². The van der Waals surface area contributed by atoms with E-state index in [0.29, 0.717) is 6.42 Å². The second-order valence-electron chi connectivity index (χ2n) is 16.4. The van der Waals surface area contributed by atoms with Gasteiger partial charge in [0.05, 0.1) is 6.04 Å². The number of nitrogens with one attached hydrogen (secondary N) is 4. The van der Waals surface area contributed by atoms with Crippen LogP contribution in [-0.4, -0.2) is 103 Å². The van der Waals surface area contributed by atoms with Gasteiger partial charge in [0.1, 0.15) is 12.1 Å². The minimum absolute atomic E-state index is 0.0322. The normalized spacial score (nSPS) is 21.5. The highest BCUT2D eigenvalue weighted by Gasteiger charge is 2.70. The van der Waals surface area contributed by atoms with Crippen molar-refractivity contribution in [2.45, 2.75) is 104 Å². The summed E-state index contributed by atoms with van der Waals surface area (Å²) in [6, 6.07) is 0.205. The van der Waals surface area contributed by atoms with Crippen molar-refractivity contribution in [2.24, 2.45) is 28.1 Å². The zero-order valence-electron chi connectivity index (χ0n) is 31.7. The lowest BCUT2D eigenvalue weighted by molar-refractivity contribution is -0.145. The monoisotopic (exact) mass is 731 g/mol. The molecule has 1 aromatic heterocycles. The van der Waals surface area contributed by atoms with E-state index in [1.165, 1.54) is 30.3 Å². The topological polar surface area (TPSA) is 187 Å². The first kappa shape index (κ1) is 41.6. The van der Waals surface area contributed by atoms with E-state index in [4.69, 9.17) is 0 Å². The average molecular weight is 732 g/mol. The van der Waals surface area contributed by atoms with Gasteiger partial charge in [0.25, 0.3) is 15.9 Å². The number of hydrogen-bond acceptors (Lipinski definition) is 8. The molecule has 0 radical (unpaired) electrons. The zero-order valence-corrected chi connectivity index (χ0v) is 32.5. The third-order valence-electron chi connectivity index (χ3n) is 10.1. The summed E-state index contributed by atoms with van der Waals surface area (Å²) in [7, 11) is -2.53. The molecule has 6 atom stereocenters. The molecule has 2 unspecified atom stereocenters. The first-order chi connectivity index (χ1) is 23.5. The van der Waals surface area contributed by atoms with Crippen molar-refractivity contribution in [3.05, 3.63) is 37.1 Å². The van der Waals surface area contributed by atoms with Gasteiger partial charge in [-0.3, -0.25) is 19.2 Å². The van der Waals surface area contributed by atoms with E-state index in [0.717, 1.165) is 4.31 Å². The average Bonchev–Trinajstić information content (AvgIpc) is 3.34. The number of Topliss-reactive ketones (excluding diaryl/α,β-unsaturated/α-hetero) is 1. The number of likely N-dealkylation sites (tertiary alicyclic amines) is 1. The molecule has 1 aliphatic carbocycles. The van der Waals surface area contributed by atoms with Crippen LogP contribution in [0.15, 0.2) is 42.1 Å². The van der Waals surface area contributed by atoms with E-state index >= 15 is 0 Å². The molecule has 5 amide bonds. The standard InChI is InChI=1S/C36H57N7O7S/c1-12-16-23(28(44)31(46)38-18-13-2)39-30(45)27-26-22(36(26,9)10)20-43(27)32(47)29(35(6,7)8)41-33(48)40-24(34(3,4)5)21-42(11)51(49,50)25-17-14-15-19-37-25/h13-15,17,19,22-24,26-27,29H,2,12,16,18,20-21H2,1,3-11H3,(H,38,46)(H,39,45)(H2,40,41,48)/t22-,23?,24+,26?,27-,29+/m0/s1. The Labute approximate surface area is 303 Å².